The van der Waals surface area contributed by atoms with Crippen LogP contribution in [0.1, 0.15) is 0 Å². The van der Waals surface area contributed by atoms with Gasteiger partial charge in [0.15, 0.2) is 0 Å². The van der Waals surface area contributed by atoms with Crippen LogP contribution in [0, 0.1) is 0 Å². The minimum Gasteiger partial charge on any atom is -0.326 e. The van der Waals surface area contributed by atoms with E-state index in [9.17, 15) is 4.79 Å². The minimum atomic E-state index is -0.124. The first-order valence-corrected chi connectivity index (χ1v) is 3.49. The normalized spacial score (nSPS) is 26.7. The molecule has 0 saturated carbocycles. The zero-order valence-electron chi connectivity index (χ0n) is 5.87. The van der Waals surface area contributed by atoms with Crippen LogP contribution in [0.4, 0.5) is 4.79 Å². The van der Waals surface area contributed by atoms with E-state index in [2.05, 4.69) is 10.6 Å². The highest BCUT2D eigenvalue weighted by atomic mass is 16.2. The van der Waals surface area contributed by atoms with E-state index >= 15 is 0 Å². The van der Waals surface area contributed by atoms with E-state index in [1.807, 2.05) is 30.4 Å². The number of hydrogen-bond donors (Lipinski definition) is 2. The molecule has 0 bridgehead atoms. The summed E-state index contributed by atoms with van der Waals surface area (Å²) in [6.45, 7) is 0. The van der Waals surface area contributed by atoms with Crippen molar-refractivity contribution in [2.45, 2.75) is 6.04 Å². The topological polar surface area (TPSA) is 41.1 Å². The smallest absolute Gasteiger partial charge is 0.319 e. The van der Waals surface area contributed by atoms with Crippen molar-refractivity contribution >= 4 is 6.03 Å². The Morgan fingerprint density at radius 2 is 2.18 bits per heavy atom. The van der Waals surface area contributed by atoms with Gasteiger partial charge in [-0.2, -0.15) is 0 Å². The number of amides is 2. The average Bonchev–Trinajstić information content (AvgIpc) is 2.17. The second-order valence-corrected chi connectivity index (χ2v) is 2.47. The Hall–Kier alpha value is -1.51. The quantitative estimate of drug-likeness (QED) is 0.521. The van der Waals surface area contributed by atoms with E-state index in [0.717, 1.165) is 5.70 Å². The summed E-state index contributed by atoms with van der Waals surface area (Å²) in [5.41, 5.74) is 0.917. The summed E-state index contributed by atoms with van der Waals surface area (Å²) in [4.78, 5) is 10.8. The van der Waals surface area contributed by atoms with Crippen molar-refractivity contribution in [3.63, 3.8) is 0 Å². The third kappa shape index (κ3) is 1.05. The number of carbonyl (C=O) groups is 1. The number of allylic oxidation sites excluding steroid dienone is 4. The van der Waals surface area contributed by atoms with Gasteiger partial charge in [0.2, 0.25) is 0 Å². The molecule has 1 aliphatic carbocycles. The lowest BCUT2D eigenvalue weighted by Crippen LogP contribution is -2.24. The molecule has 11 heavy (non-hydrogen) atoms. The Bertz CT molecular complexity index is 276. The van der Waals surface area contributed by atoms with Crippen molar-refractivity contribution in [3.8, 4) is 0 Å². The van der Waals surface area contributed by atoms with Gasteiger partial charge in [-0.15, -0.1) is 0 Å². The highest BCUT2D eigenvalue weighted by Crippen LogP contribution is 2.09. The van der Waals surface area contributed by atoms with E-state index in [0.29, 0.717) is 0 Å². The summed E-state index contributed by atoms with van der Waals surface area (Å²) in [5.74, 6) is 0. The molecule has 1 saturated heterocycles. The number of fused-ring (bicyclic) bond motifs is 1. The van der Waals surface area contributed by atoms with Crippen LogP contribution in [-0.4, -0.2) is 12.1 Å². The summed E-state index contributed by atoms with van der Waals surface area (Å²) in [5, 5.41) is 5.46. The first-order chi connectivity index (χ1) is 5.36. The van der Waals surface area contributed by atoms with Gasteiger partial charge >= 0.3 is 6.03 Å². The monoisotopic (exact) mass is 148 g/mol. The van der Waals surface area contributed by atoms with Crippen LogP contribution >= 0.6 is 0 Å². The van der Waals surface area contributed by atoms with Crippen molar-refractivity contribution in [3.05, 3.63) is 36.1 Å². The Labute approximate surface area is 64.5 Å². The number of rotatable bonds is 0. The largest absolute Gasteiger partial charge is 0.326 e. The lowest BCUT2D eigenvalue weighted by molar-refractivity contribution is 0.248. The molecule has 1 aliphatic heterocycles. The zero-order chi connectivity index (χ0) is 7.68. The molecule has 0 aromatic carbocycles. The standard InChI is InChI=1S/C8H8N2O/c11-8-9-6-4-2-1-3-5-7(6)10-8/h1-6H,(H2,9,10,11). The fourth-order valence-corrected chi connectivity index (χ4v) is 1.16. The fraction of sp³-hybridized carbons (Fsp3) is 0.125. The molecular formula is C8H8N2O. The van der Waals surface area contributed by atoms with E-state index in [1.54, 1.807) is 0 Å². The second kappa shape index (κ2) is 2.27. The second-order valence-electron chi connectivity index (χ2n) is 2.47. The van der Waals surface area contributed by atoms with Crippen molar-refractivity contribution in [2.75, 3.05) is 0 Å². The number of urea groups is 1. The summed E-state index contributed by atoms with van der Waals surface area (Å²) in [6, 6.07) is -0.0845. The van der Waals surface area contributed by atoms with Crippen molar-refractivity contribution in [1.82, 2.24) is 10.6 Å². The first-order valence-electron chi connectivity index (χ1n) is 3.49. The van der Waals surface area contributed by atoms with Gasteiger partial charge in [0.05, 0.1) is 6.04 Å². The minimum absolute atomic E-state index is 0.0394. The summed E-state index contributed by atoms with van der Waals surface area (Å²) in [7, 11) is 0. The Kier molecular flexibility index (Phi) is 1.28. The molecule has 2 aliphatic rings. The predicted molar refractivity (Wildman–Crippen MR) is 41.8 cm³/mol. The first kappa shape index (κ1) is 6.22. The van der Waals surface area contributed by atoms with Crippen LogP contribution in [0.5, 0.6) is 0 Å². The molecule has 56 valence electrons. The summed E-state index contributed by atoms with van der Waals surface area (Å²) >= 11 is 0. The SMILES string of the molecule is O=C1NC2=CC=CC=CC2N1. The van der Waals surface area contributed by atoms with Gasteiger partial charge < -0.3 is 10.6 Å². The van der Waals surface area contributed by atoms with Crippen LogP contribution in [-0.2, 0) is 0 Å². The fourth-order valence-electron chi connectivity index (χ4n) is 1.16. The highest BCUT2D eigenvalue weighted by molar-refractivity contribution is 5.81. The molecule has 0 radical (unpaired) electrons. The molecule has 0 spiro atoms. The van der Waals surface area contributed by atoms with Gasteiger partial charge in [-0.05, 0) is 6.08 Å². The maximum atomic E-state index is 10.8. The van der Waals surface area contributed by atoms with Gasteiger partial charge in [-0.3, -0.25) is 0 Å². The third-order valence-corrected chi connectivity index (χ3v) is 1.68. The van der Waals surface area contributed by atoms with Crippen LogP contribution in [0.15, 0.2) is 36.1 Å². The third-order valence-electron chi connectivity index (χ3n) is 1.68. The average molecular weight is 148 g/mol. The van der Waals surface area contributed by atoms with Gasteiger partial charge in [0, 0.05) is 5.70 Å². The number of nitrogens with one attached hydrogen (secondary N) is 2. The van der Waals surface area contributed by atoms with Crippen LogP contribution in [0.25, 0.3) is 0 Å². The molecule has 0 aromatic rings. The van der Waals surface area contributed by atoms with E-state index in [4.69, 9.17) is 0 Å². The van der Waals surface area contributed by atoms with Crippen LogP contribution in [0.3, 0.4) is 0 Å². The Balaban J connectivity index is 2.32. The summed E-state index contributed by atoms with van der Waals surface area (Å²) in [6.07, 6.45) is 9.58. The predicted octanol–water partition coefficient (Wildman–Crippen LogP) is 0.678. The van der Waals surface area contributed by atoms with Crippen molar-refractivity contribution < 1.29 is 4.79 Å². The van der Waals surface area contributed by atoms with E-state index in [1.165, 1.54) is 0 Å². The molecule has 1 heterocycles. The molecule has 1 unspecified atom stereocenters. The van der Waals surface area contributed by atoms with Gasteiger partial charge in [-0.25, -0.2) is 4.79 Å². The maximum absolute atomic E-state index is 10.8. The van der Waals surface area contributed by atoms with E-state index < -0.39 is 0 Å². The Morgan fingerprint density at radius 1 is 1.27 bits per heavy atom. The Morgan fingerprint density at radius 3 is 3.09 bits per heavy atom. The molecule has 0 aromatic heterocycles. The van der Waals surface area contributed by atoms with E-state index in [-0.39, 0.29) is 12.1 Å². The number of hydrogen-bond acceptors (Lipinski definition) is 1. The van der Waals surface area contributed by atoms with Gasteiger partial charge in [0.1, 0.15) is 0 Å². The molecule has 3 heteroatoms. The zero-order valence-corrected chi connectivity index (χ0v) is 5.87. The molecule has 2 rings (SSSR count). The van der Waals surface area contributed by atoms with Gasteiger partial charge in [-0.1, -0.05) is 24.3 Å². The molecule has 2 amide bonds. The van der Waals surface area contributed by atoms with Gasteiger partial charge in [0.25, 0.3) is 0 Å². The lowest BCUT2D eigenvalue weighted by atomic mass is 10.2. The van der Waals surface area contributed by atoms with Crippen molar-refractivity contribution in [1.29, 1.82) is 0 Å². The molecule has 3 nitrogen and oxygen atoms in total. The maximum Gasteiger partial charge on any atom is 0.319 e. The molecule has 1 fully saturated rings. The summed E-state index contributed by atoms with van der Waals surface area (Å²) < 4.78 is 0. The lowest BCUT2D eigenvalue weighted by Gasteiger charge is -2.00. The molecular weight excluding hydrogens is 140 g/mol. The molecule has 1 atom stereocenters. The van der Waals surface area contributed by atoms with Crippen LogP contribution in [0.2, 0.25) is 0 Å². The van der Waals surface area contributed by atoms with Crippen molar-refractivity contribution in [2.24, 2.45) is 0 Å². The number of carbonyl (C=O) groups excluding carboxylic acids is 1. The molecule has 2 N–H and O–H groups in total. The highest BCUT2D eigenvalue weighted by Gasteiger charge is 2.22. The van der Waals surface area contributed by atoms with Crippen LogP contribution < -0.4 is 10.6 Å².